The van der Waals surface area contributed by atoms with Crippen LogP contribution in [0.1, 0.15) is 13.3 Å². The average Bonchev–Trinajstić information content (AvgIpc) is 2.53. The summed E-state index contributed by atoms with van der Waals surface area (Å²) in [6, 6.07) is 6.68. The molecule has 1 fully saturated rings. The molecule has 1 aromatic rings. The Morgan fingerprint density at radius 2 is 2.33 bits per heavy atom. The monoisotopic (exact) mass is 269 g/mol. The molecule has 2 rings (SSSR count). The number of aliphatic carboxylic acids is 1. The first kappa shape index (κ1) is 12.7. The Kier molecular flexibility index (Phi) is 3.17. The molecule has 6 heteroatoms. The van der Waals surface area contributed by atoms with Gasteiger partial charge in [-0.1, -0.05) is 17.7 Å². The minimum Gasteiger partial charge on any atom is -0.481 e. The molecule has 1 unspecified atom stereocenters. The van der Waals surface area contributed by atoms with Crippen LogP contribution in [0.5, 0.6) is 0 Å². The van der Waals surface area contributed by atoms with Gasteiger partial charge in [-0.25, -0.2) is 4.79 Å². The van der Waals surface area contributed by atoms with Crippen molar-refractivity contribution in [2.24, 2.45) is 0 Å². The van der Waals surface area contributed by atoms with Crippen molar-refractivity contribution in [3.8, 4) is 0 Å². The minimum atomic E-state index is -0.983. The van der Waals surface area contributed by atoms with Gasteiger partial charge in [0, 0.05) is 10.7 Å². The Labute approximate surface area is 109 Å². The first-order valence-electron chi connectivity index (χ1n) is 5.37. The molecule has 1 saturated heterocycles. The highest BCUT2D eigenvalue weighted by Gasteiger charge is 2.46. The molecule has 1 atom stereocenters. The van der Waals surface area contributed by atoms with Crippen LogP contribution >= 0.6 is 11.6 Å². The Balaban J connectivity index is 2.39. The van der Waals surface area contributed by atoms with Crippen molar-refractivity contribution >= 4 is 29.4 Å². The molecule has 0 aromatic heterocycles. The molecule has 1 aliphatic heterocycles. The predicted octanol–water partition coefficient (Wildman–Crippen LogP) is 2.53. The highest BCUT2D eigenvalue weighted by Crippen LogP contribution is 2.34. The lowest BCUT2D eigenvalue weighted by atomic mass is 9.97. The first-order valence-corrected chi connectivity index (χ1v) is 5.74. The van der Waals surface area contributed by atoms with Crippen LogP contribution in [-0.4, -0.2) is 29.3 Å². The van der Waals surface area contributed by atoms with Gasteiger partial charge in [-0.15, -0.1) is 0 Å². The predicted molar refractivity (Wildman–Crippen MR) is 65.9 cm³/mol. The summed E-state index contributed by atoms with van der Waals surface area (Å²) in [6.07, 6.45) is -0.744. The fraction of sp³-hybridized carbons (Fsp3) is 0.333. The summed E-state index contributed by atoms with van der Waals surface area (Å²) in [5.74, 6) is -0.983. The minimum absolute atomic E-state index is 0.0463. The molecule has 5 nitrogen and oxygen atoms in total. The van der Waals surface area contributed by atoms with Crippen LogP contribution in [0.25, 0.3) is 0 Å². The number of amides is 1. The van der Waals surface area contributed by atoms with E-state index in [1.165, 1.54) is 4.90 Å². The summed E-state index contributed by atoms with van der Waals surface area (Å²) in [6.45, 7) is 1.72. The molecule has 1 aromatic carbocycles. The molecule has 1 N–H and O–H groups in total. The lowest BCUT2D eigenvalue weighted by Crippen LogP contribution is -2.46. The number of anilines is 1. The van der Waals surface area contributed by atoms with E-state index < -0.39 is 17.6 Å². The number of rotatable bonds is 3. The van der Waals surface area contributed by atoms with E-state index in [1.54, 1.807) is 31.2 Å². The van der Waals surface area contributed by atoms with Crippen LogP contribution in [-0.2, 0) is 9.53 Å². The average molecular weight is 270 g/mol. The highest BCUT2D eigenvalue weighted by atomic mass is 35.5. The summed E-state index contributed by atoms with van der Waals surface area (Å²) in [4.78, 5) is 24.0. The third kappa shape index (κ3) is 2.26. The Morgan fingerprint density at radius 1 is 1.61 bits per heavy atom. The number of ether oxygens (including phenoxy) is 1. The lowest BCUT2D eigenvalue weighted by molar-refractivity contribution is -0.138. The van der Waals surface area contributed by atoms with Crippen molar-refractivity contribution in [3.63, 3.8) is 0 Å². The molecule has 1 amide bonds. The van der Waals surface area contributed by atoms with Crippen molar-refractivity contribution in [3.05, 3.63) is 29.3 Å². The van der Waals surface area contributed by atoms with Crippen LogP contribution in [0.3, 0.4) is 0 Å². The molecule has 1 heterocycles. The molecular formula is C12H12ClNO4. The van der Waals surface area contributed by atoms with Crippen LogP contribution in [0.15, 0.2) is 24.3 Å². The third-order valence-corrected chi connectivity index (χ3v) is 3.06. The largest absolute Gasteiger partial charge is 0.481 e. The smallest absolute Gasteiger partial charge is 0.415 e. The van der Waals surface area contributed by atoms with Gasteiger partial charge in [-0.2, -0.15) is 0 Å². The van der Waals surface area contributed by atoms with Crippen molar-refractivity contribution in [2.45, 2.75) is 18.9 Å². The van der Waals surface area contributed by atoms with Gasteiger partial charge >= 0.3 is 12.1 Å². The Hall–Kier alpha value is -1.75. The highest BCUT2D eigenvalue weighted by molar-refractivity contribution is 6.30. The summed E-state index contributed by atoms with van der Waals surface area (Å²) >= 11 is 5.87. The van der Waals surface area contributed by atoms with Crippen molar-refractivity contribution in [1.82, 2.24) is 0 Å². The second kappa shape index (κ2) is 4.49. The number of carboxylic acids is 1. The molecule has 0 radical (unpaired) electrons. The summed E-state index contributed by atoms with van der Waals surface area (Å²) in [7, 11) is 0. The van der Waals surface area contributed by atoms with Crippen LogP contribution in [0.4, 0.5) is 10.5 Å². The van der Waals surface area contributed by atoms with Crippen LogP contribution in [0.2, 0.25) is 5.02 Å². The standard InChI is InChI=1S/C12H12ClNO4/c1-12(6-10(15)16)7-18-11(17)14(12)9-4-2-3-8(13)5-9/h2-5H,6-7H2,1H3,(H,15,16). The molecule has 0 spiro atoms. The maximum absolute atomic E-state index is 11.8. The quantitative estimate of drug-likeness (QED) is 0.916. The molecular weight excluding hydrogens is 258 g/mol. The first-order chi connectivity index (χ1) is 8.42. The SMILES string of the molecule is CC1(CC(=O)O)COC(=O)N1c1cccc(Cl)c1. The topological polar surface area (TPSA) is 66.8 Å². The zero-order valence-electron chi connectivity index (χ0n) is 9.72. The van der Waals surface area contributed by atoms with E-state index in [1.807, 2.05) is 0 Å². The fourth-order valence-corrected chi connectivity index (χ4v) is 2.24. The number of carbonyl (C=O) groups is 2. The van der Waals surface area contributed by atoms with Gasteiger partial charge in [0.1, 0.15) is 6.61 Å². The van der Waals surface area contributed by atoms with Gasteiger partial charge in [0.2, 0.25) is 0 Å². The second-order valence-corrected chi connectivity index (χ2v) is 4.87. The number of carbonyl (C=O) groups excluding carboxylic acids is 1. The fourth-order valence-electron chi connectivity index (χ4n) is 2.05. The van der Waals surface area contributed by atoms with Gasteiger partial charge in [-0.05, 0) is 25.1 Å². The van der Waals surface area contributed by atoms with E-state index in [2.05, 4.69) is 0 Å². The zero-order chi connectivity index (χ0) is 13.3. The summed E-state index contributed by atoms with van der Waals surface area (Å²) < 4.78 is 4.96. The maximum Gasteiger partial charge on any atom is 0.415 e. The van der Waals surface area contributed by atoms with E-state index in [9.17, 15) is 9.59 Å². The molecule has 18 heavy (non-hydrogen) atoms. The summed E-state index contributed by atoms with van der Waals surface area (Å²) in [5, 5.41) is 9.40. The maximum atomic E-state index is 11.8. The normalized spacial score (nSPS) is 23.0. The number of cyclic esters (lactones) is 1. The number of benzene rings is 1. The van der Waals surface area contributed by atoms with Crippen molar-refractivity contribution in [2.75, 3.05) is 11.5 Å². The number of carboxylic acid groups (broad SMARTS) is 1. The number of nitrogens with zero attached hydrogens (tertiary/aromatic N) is 1. The van der Waals surface area contributed by atoms with Crippen LogP contribution in [0, 0.1) is 0 Å². The molecule has 96 valence electrons. The molecule has 1 aliphatic rings. The summed E-state index contributed by atoms with van der Waals surface area (Å²) in [5.41, 5.74) is -0.359. The van der Waals surface area contributed by atoms with Gasteiger partial charge in [-0.3, -0.25) is 9.69 Å². The lowest BCUT2D eigenvalue weighted by Gasteiger charge is -2.30. The van der Waals surface area contributed by atoms with Gasteiger partial charge in [0.15, 0.2) is 0 Å². The zero-order valence-corrected chi connectivity index (χ0v) is 10.5. The Bertz CT molecular complexity index is 505. The molecule has 0 bridgehead atoms. The van der Waals surface area contributed by atoms with Crippen LogP contribution < -0.4 is 4.90 Å². The van der Waals surface area contributed by atoms with Gasteiger partial charge in [0.25, 0.3) is 0 Å². The van der Waals surface area contributed by atoms with Gasteiger partial charge < -0.3 is 9.84 Å². The second-order valence-electron chi connectivity index (χ2n) is 4.44. The van der Waals surface area contributed by atoms with E-state index in [0.717, 1.165) is 0 Å². The number of halogens is 1. The van der Waals surface area contributed by atoms with E-state index >= 15 is 0 Å². The van der Waals surface area contributed by atoms with Crippen molar-refractivity contribution in [1.29, 1.82) is 0 Å². The number of hydrogen-bond acceptors (Lipinski definition) is 3. The van der Waals surface area contributed by atoms with E-state index in [4.69, 9.17) is 21.4 Å². The van der Waals surface area contributed by atoms with Gasteiger partial charge in [0.05, 0.1) is 12.0 Å². The molecule has 0 aliphatic carbocycles. The third-order valence-electron chi connectivity index (χ3n) is 2.83. The molecule has 0 saturated carbocycles. The Morgan fingerprint density at radius 3 is 2.94 bits per heavy atom. The number of hydrogen-bond donors (Lipinski definition) is 1. The van der Waals surface area contributed by atoms with E-state index in [-0.39, 0.29) is 13.0 Å². The van der Waals surface area contributed by atoms with E-state index in [0.29, 0.717) is 10.7 Å². The van der Waals surface area contributed by atoms with Crippen molar-refractivity contribution < 1.29 is 19.4 Å².